The van der Waals surface area contributed by atoms with Crippen molar-refractivity contribution in [3.8, 4) is 11.1 Å². The largest absolute Gasteiger partial charge is 0.480 e. The monoisotopic (exact) mass is 379 g/mol. The lowest BCUT2D eigenvalue weighted by atomic mass is 9.97. The van der Waals surface area contributed by atoms with Gasteiger partial charge in [0.15, 0.2) is 0 Å². The van der Waals surface area contributed by atoms with Gasteiger partial charge in [0.25, 0.3) is 0 Å². The van der Waals surface area contributed by atoms with E-state index < -0.39 is 18.1 Å². The molecule has 1 amide bonds. The predicted molar refractivity (Wildman–Crippen MR) is 106 cm³/mol. The van der Waals surface area contributed by atoms with Crippen molar-refractivity contribution >= 4 is 12.1 Å². The van der Waals surface area contributed by atoms with Crippen LogP contribution in [-0.4, -0.2) is 29.8 Å². The van der Waals surface area contributed by atoms with Crippen LogP contribution in [0, 0.1) is 11.8 Å². The molecule has 0 aliphatic heterocycles. The molecule has 2 aliphatic rings. The summed E-state index contributed by atoms with van der Waals surface area (Å²) in [4.78, 5) is 23.8. The number of carboxylic acids is 1. The Bertz CT molecular complexity index is 844. The number of carbonyl (C=O) groups is 2. The van der Waals surface area contributed by atoms with E-state index in [9.17, 15) is 14.7 Å². The first-order valence-corrected chi connectivity index (χ1v) is 9.89. The Kier molecular flexibility index (Phi) is 5.07. The van der Waals surface area contributed by atoms with Gasteiger partial charge < -0.3 is 15.2 Å². The highest BCUT2D eigenvalue weighted by atomic mass is 16.5. The smallest absolute Gasteiger partial charge is 0.407 e. The maximum absolute atomic E-state index is 12.3. The van der Waals surface area contributed by atoms with E-state index in [-0.39, 0.29) is 18.4 Å². The number of aliphatic carboxylic acids is 1. The van der Waals surface area contributed by atoms with E-state index in [0.29, 0.717) is 12.3 Å². The van der Waals surface area contributed by atoms with Crippen LogP contribution in [0.25, 0.3) is 11.1 Å². The summed E-state index contributed by atoms with van der Waals surface area (Å²) < 4.78 is 5.46. The molecule has 2 atom stereocenters. The Balaban J connectivity index is 1.41. The zero-order valence-corrected chi connectivity index (χ0v) is 15.9. The number of rotatable bonds is 7. The zero-order chi connectivity index (χ0) is 19.7. The normalized spacial score (nSPS) is 17.3. The maximum atomic E-state index is 12.3. The third kappa shape index (κ3) is 3.75. The molecule has 0 bridgehead atoms. The number of hydrogen-bond donors (Lipinski definition) is 2. The fourth-order valence-electron chi connectivity index (χ4n) is 4.23. The molecule has 0 saturated heterocycles. The number of benzene rings is 2. The lowest BCUT2D eigenvalue weighted by molar-refractivity contribution is -0.139. The Morgan fingerprint density at radius 1 is 1.07 bits per heavy atom. The molecular formula is C23H25NO4. The van der Waals surface area contributed by atoms with E-state index in [1.165, 1.54) is 0 Å². The minimum atomic E-state index is -1.01. The highest BCUT2D eigenvalue weighted by Crippen LogP contribution is 2.44. The fourth-order valence-corrected chi connectivity index (χ4v) is 4.23. The van der Waals surface area contributed by atoms with Crippen molar-refractivity contribution in [2.24, 2.45) is 11.8 Å². The van der Waals surface area contributed by atoms with Gasteiger partial charge in [-0.15, -0.1) is 0 Å². The molecule has 1 fully saturated rings. The summed E-state index contributed by atoms with van der Waals surface area (Å²) in [6.07, 6.45) is 2.07. The molecule has 0 spiro atoms. The Morgan fingerprint density at radius 2 is 1.64 bits per heavy atom. The number of carbonyl (C=O) groups excluding carboxylic acids is 1. The van der Waals surface area contributed by atoms with Crippen molar-refractivity contribution in [2.75, 3.05) is 6.61 Å². The van der Waals surface area contributed by atoms with Crippen molar-refractivity contribution in [3.63, 3.8) is 0 Å². The first-order chi connectivity index (χ1) is 13.5. The number of nitrogens with one attached hydrogen (secondary N) is 1. The van der Waals surface area contributed by atoms with Gasteiger partial charge in [-0.1, -0.05) is 55.5 Å². The van der Waals surface area contributed by atoms with Gasteiger partial charge in [0.1, 0.15) is 12.6 Å². The summed E-state index contributed by atoms with van der Waals surface area (Å²) >= 11 is 0. The van der Waals surface area contributed by atoms with E-state index in [4.69, 9.17) is 4.74 Å². The summed E-state index contributed by atoms with van der Waals surface area (Å²) in [7, 11) is 0. The molecule has 4 rings (SSSR count). The minimum absolute atomic E-state index is 0.0354. The number of hydrogen-bond acceptors (Lipinski definition) is 3. The van der Waals surface area contributed by atoms with Gasteiger partial charge in [0, 0.05) is 5.92 Å². The van der Waals surface area contributed by atoms with E-state index in [2.05, 4.69) is 29.6 Å². The van der Waals surface area contributed by atoms with Crippen LogP contribution in [0.15, 0.2) is 48.5 Å². The molecule has 5 nitrogen and oxygen atoms in total. The first-order valence-electron chi connectivity index (χ1n) is 9.89. The van der Waals surface area contributed by atoms with Crippen LogP contribution in [-0.2, 0) is 9.53 Å². The van der Waals surface area contributed by atoms with Gasteiger partial charge in [0.05, 0.1) is 0 Å². The Labute approximate surface area is 164 Å². The summed E-state index contributed by atoms with van der Waals surface area (Å²) in [6.45, 7) is 2.23. The average molecular weight is 379 g/mol. The number of alkyl carbamates (subject to hydrolysis) is 1. The lowest BCUT2D eigenvalue weighted by Crippen LogP contribution is -2.42. The molecule has 0 aromatic heterocycles. The molecule has 2 aromatic carbocycles. The van der Waals surface area contributed by atoms with Gasteiger partial charge in [-0.3, -0.25) is 0 Å². The second-order valence-electron chi connectivity index (χ2n) is 7.91. The van der Waals surface area contributed by atoms with Crippen LogP contribution >= 0.6 is 0 Å². The zero-order valence-electron chi connectivity index (χ0n) is 15.9. The number of amides is 1. The number of fused-ring (bicyclic) bond motifs is 3. The molecule has 28 heavy (non-hydrogen) atoms. The molecule has 0 radical (unpaired) electrons. The number of carboxylic acid groups (broad SMARTS) is 1. The molecule has 2 aromatic rings. The highest BCUT2D eigenvalue weighted by Gasteiger charge is 2.33. The van der Waals surface area contributed by atoms with E-state index in [1.807, 2.05) is 31.2 Å². The van der Waals surface area contributed by atoms with Crippen molar-refractivity contribution < 1.29 is 19.4 Å². The van der Waals surface area contributed by atoms with Crippen LogP contribution in [0.3, 0.4) is 0 Å². The summed E-state index contributed by atoms with van der Waals surface area (Å²) in [5.74, 6) is -0.172. The van der Waals surface area contributed by atoms with Crippen molar-refractivity contribution in [2.45, 2.75) is 38.1 Å². The third-order valence-corrected chi connectivity index (χ3v) is 5.97. The van der Waals surface area contributed by atoms with Crippen LogP contribution in [0.1, 0.15) is 43.2 Å². The third-order valence-electron chi connectivity index (χ3n) is 5.97. The molecule has 5 heteroatoms. The van der Waals surface area contributed by atoms with Gasteiger partial charge in [0.2, 0.25) is 0 Å². The van der Waals surface area contributed by atoms with Crippen LogP contribution in [0.5, 0.6) is 0 Å². The van der Waals surface area contributed by atoms with Gasteiger partial charge in [-0.25, -0.2) is 9.59 Å². The van der Waals surface area contributed by atoms with Crippen molar-refractivity contribution in [1.29, 1.82) is 0 Å². The quantitative estimate of drug-likeness (QED) is 0.747. The van der Waals surface area contributed by atoms with Crippen molar-refractivity contribution in [1.82, 2.24) is 5.32 Å². The Hall–Kier alpha value is -2.82. The fraction of sp³-hybridized carbons (Fsp3) is 0.391. The summed E-state index contributed by atoms with van der Waals surface area (Å²) in [6, 6.07) is 15.3. The molecule has 2 aliphatic carbocycles. The minimum Gasteiger partial charge on any atom is -0.480 e. The van der Waals surface area contributed by atoms with E-state index >= 15 is 0 Å². The summed E-state index contributed by atoms with van der Waals surface area (Å²) in [5.41, 5.74) is 4.59. The summed E-state index contributed by atoms with van der Waals surface area (Å²) in [5, 5.41) is 12.0. The molecular weight excluding hydrogens is 354 g/mol. The predicted octanol–water partition coefficient (Wildman–Crippen LogP) is 4.41. The maximum Gasteiger partial charge on any atom is 0.407 e. The SMILES string of the molecule is CC(CC(NC(=O)OCC1c2ccccc2-c2ccccc21)C(=O)O)C1CC1. The van der Waals surface area contributed by atoms with Gasteiger partial charge in [-0.2, -0.15) is 0 Å². The molecule has 2 unspecified atom stereocenters. The highest BCUT2D eigenvalue weighted by molar-refractivity contribution is 5.81. The van der Waals surface area contributed by atoms with Crippen molar-refractivity contribution in [3.05, 3.63) is 59.7 Å². The topological polar surface area (TPSA) is 75.6 Å². The van der Waals surface area contributed by atoms with E-state index in [1.54, 1.807) is 0 Å². The van der Waals surface area contributed by atoms with Crippen LogP contribution in [0.4, 0.5) is 4.79 Å². The molecule has 1 saturated carbocycles. The molecule has 0 heterocycles. The van der Waals surface area contributed by atoms with E-state index in [0.717, 1.165) is 35.1 Å². The lowest BCUT2D eigenvalue weighted by Gasteiger charge is -2.19. The average Bonchev–Trinajstić information content (AvgIpc) is 3.49. The second kappa shape index (κ2) is 7.66. The molecule has 2 N–H and O–H groups in total. The van der Waals surface area contributed by atoms with Crippen LogP contribution < -0.4 is 5.32 Å². The Morgan fingerprint density at radius 3 is 2.18 bits per heavy atom. The number of ether oxygens (including phenoxy) is 1. The second-order valence-corrected chi connectivity index (χ2v) is 7.91. The standard InChI is InChI=1S/C23H25NO4/c1-14(15-10-11-15)12-21(22(25)26)24-23(27)28-13-20-18-8-4-2-6-16(18)17-7-3-5-9-19(17)20/h2-9,14-15,20-21H,10-13H2,1H3,(H,24,27)(H,25,26). The van der Waals surface area contributed by atoms with Crippen LogP contribution in [0.2, 0.25) is 0 Å². The van der Waals surface area contributed by atoms with Gasteiger partial charge >= 0.3 is 12.1 Å². The molecule has 146 valence electrons. The first kappa shape index (κ1) is 18.5. The van der Waals surface area contributed by atoms with Gasteiger partial charge in [-0.05, 0) is 53.4 Å².